The molecule has 0 aromatic heterocycles. The van der Waals surface area contributed by atoms with E-state index in [0.29, 0.717) is 18.1 Å². The first-order valence-electron chi connectivity index (χ1n) is 8.59. The van der Waals surface area contributed by atoms with E-state index < -0.39 is 27.6 Å². The maximum absolute atomic E-state index is 13.7. The number of benzene rings is 2. The van der Waals surface area contributed by atoms with E-state index in [9.17, 15) is 22.0 Å². The first kappa shape index (κ1) is 21.9. The summed E-state index contributed by atoms with van der Waals surface area (Å²) < 4.78 is 53.6. The van der Waals surface area contributed by atoms with Crippen molar-refractivity contribution < 1.29 is 22.0 Å². The lowest BCUT2D eigenvalue weighted by Crippen LogP contribution is -2.50. The number of hydrogen-bond donors (Lipinski definition) is 1. The first-order valence-corrected chi connectivity index (χ1v) is 10.8. The van der Waals surface area contributed by atoms with Crippen molar-refractivity contribution in [3.63, 3.8) is 0 Å². The molecule has 2 aromatic carbocycles. The van der Waals surface area contributed by atoms with Crippen molar-refractivity contribution in [2.45, 2.75) is 4.90 Å². The molecule has 0 radical (unpaired) electrons. The highest BCUT2D eigenvalue weighted by molar-refractivity contribution is 7.89. The number of nitrogens with zero attached hydrogens (tertiary/aromatic N) is 2. The van der Waals surface area contributed by atoms with Crippen molar-refractivity contribution in [3.8, 4) is 0 Å². The van der Waals surface area contributed by atoms with Gasteiger partial charge in [-0.3, -0.25) is 9.69 Å². The highest BCUT2D eigenvalue weighted by atomic mass is 35.5. The summed E-state index contributed by atoms with van der Waals surface area (Å²) in [6.07, 6.45) is 0. The van der Waals surface area contributed by atoms with E-state index in [1.807, 2.05) is 0 Å². The van der Waals surface area contributed by atoms with Crippen LogP contribution in [0, 0.1) is 11.6 Å². The third-order valence-corrected chi connectivity index (χ3v) is 6.85. The summed E-state index contributed by atoms with van der Waals surface area (Å²) in [4.78, 5) is 13.8. The first-order chi connectivity index (χ1) is 13.7. The van der Waals surface area contributed by atoms with Gasteiger partial charge in [0, 0.05) is 31.2 Å². The number of hydrogen-bond acceptors (Lipinski definition) is 4. The Balaban J connectivity index is 1.58. The Morgan fingerprint density at radius 1 is 1.00 bits per heavy atom. The minimum atomic E-state index is -3.82. The Morgan fingerprint density at radius 2 is 1.66 bits per heavy atom. The van der Waals surface area contributed by atoms with Crippen LogP contribution >= 0.6 is 23.2 Å². The fraction of sp³-hybridized carbons (Fsp3) is 0.278. The normalized spacial score (nSPS) is 16.0. The summed E-state index contributed by atoms with van der Waals surface area (Å²) >= 11 is 11.5. The molecule has 1 aliphatic rings. The number of halogens is 4. The van der Waals surface area contributed by atoms with Gasteiger partial charge in [0.25, 0.3) is 0 Å². The largest absolute Gasteiger partial charge is 0.322 e. The van der Waals surface area contributed by atoms with Crippen molar-refractivity contribution in [2.75, 3.05) is 38.0 Å². The van der Waals surface area contributed by atoms with Gasteiger partial charge >= 0.3 is 0 Å². The number of piperazine rings is 1. The molecule has 0 aliphatic carbocycles. The predicted molar refractivity (Wildman–Crippen MR) is 107 cm³/mol. The van der Waals surface area contributed by atoms with E-state index in [0.717, 1.165) is 24.3 Å². The Hall–Kier alpha value is -1.78. The highest BCUT2D eigenvalue weighted by Gasteiger charge is 2.29. The average molecular weight is 464 g/mol. The van der Waals surface area contributed by atoms with Gasteiger partial charge in [-0.1, -0.05) is 23.2 Å². The molecule has 1 fully saturated rings. The minimum absolute atomic E-state index is 0.0168. The van der Waals surface area contributed by atoms with Crippen LogP contribution in [-0.4, -0.2) is 56.3 Å². The van der Waals surface area contributed by atoms with Gasteiger partial charge in [-0.05, 0) is 36.4 Å². The highest BCUT2D eigenvalue weighted by Crippen LogP contribution is 2.23. The molecule has 1 N–H and O–H groups in total. The summed E-state index contributed by atoms with van der Waals surface area (Å²) in [6.45, 7) is 0.883. The zero-order valence-electron chi connectivity index (χ0n) is 15.0. The summed E-state index contributed by atoms with van der Waals surface area (Å²) in [5.74, 6) is -1.73. The smallest absolute Gasteiger partial charge is 0.243 e. The second-order valence-corrected chi connectivity index (χ2v) is 9.21. The molecule has 1 aliphatic heterocycles. The van der Waals surface area contributed by atoms with Crippen molar-refractivity contribution in [1.29, 1.82) is 0 Å². The van der Waals surface area contributed by atoms with Crippen molar-refractivity contribution in [1.82, 2.24) is 9.21 Å². The standard InChI is InChI=1S/C18H17Cl2F2N3O3S/c19-12-1-3-16(22)17(9-12)23-18(26)11-24-5-7-25(8-6-24)29(27,28)13-2-4-15(21)14(20)10-13/h1-4,9-10H,5-8,11H2,(H,23,26). The molecule has 0 saturated carbocycles. The molecule has 6 nitrogen and oxygen atoms in total. The molecular formula is C18H17Cl2F2N3O3S. The molecule has 1 amide bonds. The molecule has 3 rings (SSSR count). The number of anilines is 1. The third-order valence-electron chi connectivity index (χ3n) is 4.43. The number of carbonyl (C=O) groups excluding carboxylic acids is 1. The molecule has 0 spiro atoms. The van der Waals surface area contributed by atoms with E-state index in [1.54, 1.807) is 4.90 Å². The third kappa shape index (κ3) is 5.23. The van der Waals surface area contributed by atoms with E-state index in [4.69, 9.17) is 23.2 Å². The molecule has 11 heteroatoms. The van der Waals surface area contributed by atoms with Gasteiger partial charge in [-0.15, -0.1) is 0 Å². The Bertz CT molecular complexity index is 1030. The number of amides is 1. The molecule has 1 saturated heterocycles. The van der Waals surface area contributed by atoms with Gasteiger partial charge < -0.3 is 5.32 Å². The molecule has 0 bridgehead atoms. The molecule has 1 heterocycles. The number of carbonyl (C=O) groups is 1. The van der Waals surface area contributed by atoms with Crippen LogP contribution in [0.3, 0.4) is 0 Å². The van der Waals surface area contributed by atoms with Crippen LogP contribution in [0.1, 0.15) is 0 Å². The quantitative estimate of drug-likeness (QED) is 0.738. The van der Waals surface area contributed by atoms with Crippen LogP contribution in [0.2, 0.25) is 10.0 Å². The fourth-order valence-electron chi connectivity index (χ4n) is 2.90. The number of sulfonamides is 1. The lowest BCUT2D eigenvalue weighted by Gasteiger charge is -2.33. The van der Waals surface area contributed by atoms with Crippen molar-refractivity contribution in [3.05, 3.63) is 58.1 Å². The molecule has 0 atom stereocenters. The summed E-state index contributed by atoms with van der Waals surface area (Å²) in [6, 6.07) is 7.09. The maximum atomic E-state index is 13.7. The zero-order valence-corrected chi connectivity index (χ0v) is 17.4. The summed E-state index contributed by atoms with van der Waals surface area (Å²) in [5, 5.41) is 2.48. The van der Waals surface area contributed by atoms with Crippen LogP contribution < -0.4 is 5.32 Å². The fourth-order valence-corrected chi connectivity index (χ4v) is 4.77. The van der Waals surface area contributed by atoms with Gasteiger partial charge in [0.2, 0.25) is 15.9 Å². The molecule has 2 aromatic rings. The maximum Gasteiger partial charge on any atom is 0.243 e. The topological polar surface area (TPSA) is 69.7 Å². The van der Waals surface area contributed by atoms with Crippen LogP contribution in [-0.2, 0) is 14.8 Å². The van der Waals surface area contributed by atoms with Crippen molar-refractivity contribution in [2.24, 2.45) is 0 Å². The van der Waals surface area contributed by atoms with Crippen LogP contribution in [0.4, 0.5) is 14.5 Å². The van der Waals surface area contributed by atoms with E-state index in [1.165, 1.54) is 16.4 Å². The van der Waals surface area contributed by atoms with Gasteiger partial charge in [-0.25, -0.2) is 17.2 Å². The van der Waals surface area contributed by atoms with Gasteiger partial charge in [0.1, 0.15) is 11.6 Å². The van der Waals surface area contributed by atoms with Gasteiger partial charge in [0.15, 0.2) is 0 Å². The predicted octanol–water partition coefficient (Wildman–Crippen LogP) is 3.22. The monoisotopic (exact) mass is 463 g/mol. The zero-order chi connectivity index (χ0) is 21.2. The van der Waals surface area contributed by atoms with E-state index in [-0.39, 0.29) is 35.2 Å². The lowest BCUT2D eigenvalue weighted by atomic mass is 10.3. The lowest BCUT2D eigenvalue weighted by molar-refractivity contribution is -0.117. The second kappa shape index (κ2) is 8.93. The van der Waals surface area contributed by atoms with E-state index >= 15 is 0 Å². The Morgan fingerprint density at radius 3 is 2.31 bits per heavy atom. The molecule has 0 unspecified atom stereocenters. The van der Waals surface area contributed by atoms with Gasteiger partial charge in [0.05, 0.1) is 22.2 Å². The van der Waals surface area contributed by atoms with Gasteiger partial charge in [-0.2, -0.15) is 4.31 Å². The van der Waals surface area contributed by atoms with Crippen molar-refractivity contribution >= 4 is 44.8 Å². The Kier molecular flexibility index (Phi) is 6.75. The minimum Gasteiger partial charge on any atom is -0.322 e. The van der Waals surface area contributed by atoms with Crippen LogP contribution in [0.25, 0.3) is 0 Å². The van der Waals surface area contributed by atoms with E-state index in [2.05, 4.69) is 5.32 Å². The Labute approximate surface area is 177 Å². The van der Waals surface area contributed by atoms with Crippen LogP contribution in [0.5, 0.6) is 0 Å². The number of nitrogens with one attached hydrogen (secondary N) is 1. The average Bonchev–Trinajstić information content (AvgIpc) is 2.67. The second-order valence-electron chi connectivity index (χ2n) is 6.43. The van der Waals surface area contributed by atoms with Crippen LogP contribution in [0.15, 0.2) is 41.3 Å². The summed E-state index contributed by atoms with van der Waals surface area (Å²) in [5.41, 5.74) is -0.0168. The summed E-state index contributed by atoms with van der Waals surface area (Å²) in [7, 11) is -3.82. The molecular weight excluding hydrogens is 447 g/mol. The number of rotatable bonds is 5. The molecule has 156 valence electrons. The SMILES string of the molecule is O=C(CN1CCN(S(=O)(=O)c2ccc(F)c(Cl)c2)CC1)Nc1cc(Cl)ccc1F. The molecule has 29 heavy (non-hydrogen) atoms.